The van der Waals surface area contributed by atoms with Crippen LogP contribution in [0.1, 0.15) is 55.9 Å². The van der Waals surface area contributed by atoms with E-state index in [9.17, 15) is 18.0 Å². The second kappa shape index (κ2) is 12.2. The molecule has 2 atom stereocenters. The lowest BCUT2D eigenvalue weighted by Crippen LogP contribution is -2.53. The van der Waals surface area contributed by atoms with Crippen LogP contribution < -0.4 is 9.62 Å². The third kappa shape index (κ3) is 7.56. The Morgan fingerprint density at radius 1 is 0.943 bits per heavy atom. The zero-order valence-corrected chi connectivity index (χ0v) is 22.8. The van der Waals surface area contributed by atoms with E-state index in [1.165, 1.54) is 4.90 Å². The highest BCUT2D eigenvalue weighted by atomic mass is 32.2. The minimum atomic E-state index is -3.76. The maximum Gasteiger partial charge on any atom is 0.244 e. The SMILES string of the molecule is CC[C@@H](C)NC(=O)[C@@H](CC)N(Cc1ccc(C)cc1)C(=O)CN(c1c(C)cccc1C)S(C)(=O)=O. The molecule has 0 saturated carbocycles. The van der Waals surface area contributed by atoms with Gasteiger partial charge in [0.25, 0.3) is 0 Å². The summed E-state index contributed by atoms with van der Waals surface area (Å²) in [7, 11) is -3.76. The van der Waals surface area contributed by atoms with Crippen molar-refractivity contribution >= 4 is 27.5 Å². The van der Waals surface area contributed by atoms with Crippen molar-refractivity contribution in [1.82, 2.24) is 10.2 Å². The highest BCUT2D eigenvalue weighted by molar-refractivity contribution is 7.92. The summed E-state index contributed by atoms with van der Waals surface area (Å²) in [4.78, 5) is 28.4. The molecule has 7 nitrogen and oxygen atoms in total. The molecule has 8 heteroatoms. The van der Waals surface area contributed by atoms with Gasteiger partial charge in [-0.15, -0.1) is 0 Å². The number of hydrogen-bond donors (Lipinski definition) is 1. The highest BCUT2D eigenvalue weighted by Gasteiger charge is 2.32. The topological polar surface area (TPSA) is 86.8 Å². The molecular formula is C27H39N3O4S. The molecule has 1 N–H and O–H groups in total. The normalized spacial score (nSPS) is 13.1. The number of sulfonamides is 1. The van der Waals surface area contributed by atoms with Crippen LogP contribution in [0.4, 0.5) is 5.69 Å². The molecule has 0 heterocycles. The summed E-state index contributed by atoms with van der Waals surface area (Å²) >= 11 is 0. The van der Waals surface area contributed by atoms with Crippen molar-refractivity contribution in [3.05, 3.63) is 64.7 Å². The molecule has 0 fully saturated rings. The number of carbonyl (C=O) groups excluding carboxylic acids is 2. The number of rotatable bonds is 11. The molecule has 2 aromatic carbocycles. The molecule has 0 spiro atoms. The summed E-state index contributed by atoms with van der Waals surface area (Å²) in [6, 6.07) is 12.5. The van der Waals surface area contributed by atoms with E-state index >= 15 is 0 Å². The second-order valence-corrected chi connectivity index (χ2v) is 11.2. The predicted molar refractivity (Wildman–Crippen MR) is 142 cm³/mol. The number of carbonyl (C=O) groups is 2. The van der Waals surface area contributed by atoms with Crippen molar-refractivity contribution in [2.24, 2.45) is 0 Å². The first-order valence-electron chi connectivity index (χ1n) is 12.1. The maximum atomic E-state index is 13.8. The molecule has 0 aliphatic carbocycles. The number of aryl methyl sites for hydroxylation is 3. The van der Waals surface area contributed by atoms with Crippen LogP contribution in [0.2, 0.25) is 0 Å². The fraction of sp³-hybridized carbons (Fsp3) is 0.481. The predicted octanol–water partition coefficient (Wildman–Crippen LogP) is 4.10. The molecule has 0 radical (unpaired) electrons. The Morgan fingerprint density at radius 2 is 1.51 bits per heavy atom. The number of hydrogen-bond acceptors (Lipinski definition) is 4. The third-order valence-electron chi connectivity index (χ3n) is 6.23. The average Bonchev–Trinajstić information content (AvgIpc) is 2.78. The van der Waals surface area contributed by atoms with Gasteiger partial charge in [-0.05, 0) is 57.2 Å². The minimum absolute atomic E-state index is 0.0324. The van der Waals surface area contributed by atoms with Crippen molar-refractivity contribution in [1.29, 1.82) is 0 Å². The summed E-state index contributed by atoms with van der Waals surface area (Å²) in [6.45, 7) is 11.2. The summed E-state index contributed by atoms with van der Waals surface area (Å²) in [6.07, 6.45) is 2.27. The van der Waals surface area contributed by atoms with Crippen LogP contribution in [0.3, 0.4) is 0 Å². The first-order chi connectivity index (χ1) is 16.4. The van der Waals surface area contributed by atoms with Gasteiger partial charge in [0.2, 0.25) is 21.8 Å². The molecule has 0 unspecified atom stereocenters. The van der Waals surface area contributed by atoms with Gasteiger partial charge >= 0.3 is 0 Å². The summed E-state index contributed by atoms with van der Waals surface area (Å²) in [5.41, 5.74) is 3.98. The molecule has 0 aromatic heterocycles. The van der Waals surface area contributed by atoms with E-state index in [1.807, 2.05) is 84.0 Å². The fourth-order valence-electron chi connectivity index (χ4n) is 4.03. The zero-order chi connectivity index (χ0) is 26.3. The van der Waals surface area contributed by atoms with Crippen molar-refractivity contribution < 1.29 is 18.0 Å². The van der Waals surface area contributed by atoms with Gasteiger partial charge in [0.1, 0.15) is 12.6 Å². The Kier molecular flexibility index (Phi) is 9.89. The Balaban J connectivity index is 2.49. The second-order valence-electron chi connectivity index (χ2n) is 9.26. The number of amides is 2. The summed E-state index contributed by atoms with van der Waals surface area (Å²) in [5, 5.41) is 2.98. The van der Waals surface area contributed by atoms with Crippen molar-refractivity contribution in [3.63, 3.8) is 0 Å². The maximum absolute atomic E-state index is 13.8. The molecule has 2 amide bonds. The third-order valence-corrected chi connectivity index (χ3v) is 7.34. The standard InChI is InChI=1S/C27H39N3O4S/c1-8-22(6)28-27(32)24(9-2)29(17-23-15-13-19(3)14-16-23)25(31)18-30(35(7,33)34)26-20(4)11-10-12-21(26)5/h10-16,22,24H,8-9,17-18H2,1-7H3,(H,28,32)/t22-,24-/m1/s1. The molecule has 0 aliphatic rings. The highest BCUT2D eigenvalue weighted by Crippen LogP contribution is 2.27. The molecule has 2 rings (SSSR count). The van der Waals surface area contributed by atoms with E-state index in [1.54, 1.807) is 0 Å². The van der Waals surface area contributed by atoms with Crippen molar-refractivity contribution in [2.75, 3.05) is 17.1 Å². The average molecular weight is 502 g/mol. The molecule has 192 valence electrons. The van der Waals surface area contributed by atoms with Crippen LogP contribution in [-0.2, 0) is 26.2 Å². The largest absolute Gasteiger partial charge is 0.352 e. The zero-order valence-electron chi connectivity index (χ0n) is 22.0. The van der Waals surface area contributed by atoms with Gasteiger partial charge in [-0.25, -0.2) is 8.42 Å². The van der Waals surface area contributed by atoms with Gasteiger partial charge < -0.3 is 10.2 Å². The number of nitrogens with one attached hydrogen (secondary N) is 1. The van der Waals surface area contributed by atoms with E-state index in [4.69, 9.17) is 0 Å². The smallest absolute Gasteiger partial charge is 0.244 e. The first-order valence-corrected chi connectivity index (χ1v) is 13.9. The summed E-state index contributed by atoms with van der Waals surface area (Å²) in [5.74, 6) is -0.662. The van der Waals surface area contributed by atoms with Gasteiger partial charge in [-0.1, -0.05) is 61.9 Å². The number of anilines is 1. The monoisotopic (exact) mass is 501 g/mol. The molecule has 0 aliphatic heterocycles. The van der Waals surface area contributed by atoms with Gasteiger partial charge in [-0.2, -0.15) is 0 Å². The lowest BCUT2D eigenvalue weighted by atomic mass is 10.1. The Morgan fingerprint density at radius 3 is 2.00 bits per heavy atom. The van der Waals surface area contributed by atoms with Crippen LogP contribution >= 0.6 is 0 Å². The molecule has 2 aromatic rings. The van der Waals surface area contributed by atoms with Gasteiger partial charge in [0.05, 0.1) is 11.9 Å². The van der Waals surface area contributed by atoms with Crippen LogP contribution in [-0.4, -0.2) is 50.0 Å². The van der Waals surface area contributed by atoms with E-state index in [-0.39, 0.29) is 25.0 Å². The van der Waals surface area contributed by atoms with Crippen LogP contribution in [0, 0.1) is 20.8 Å². The number of nitrogens with zero attached hydrogens (tertiary/aromatic N) is 2. The Hall–Kier alpha value is -2.87. The van der Waals surface area contributed by atoms with Gasteiger partial charge in [0, 0.05) is 12.6 Å². The molecule has 0 bridgehead atoms. The summed E-state index contributed by atoms with van der Waals surface area (Å²) < 4.78 is 26.8. The molecular weight excluding hydrogens is 462 g/mol. The van der Waals surface area contributed by atoms with Crippen LogP contribution in [0.15, 0.2) is 42.5 Å². The minimum Gasteiger partial charge on any atom is -0.352 e. The van der Waals surface area contributed by atoms with Gasteiger partial charge in [-0.3, -0.25) is 13.9 Å². The molecule has 0 saturated heterocycles. The first kappa shape index (κ1) is 28.4. The Labute approximate surface area is 210 Å². The lowest BCUT2D eigenvalue weighted by Gasteiger charge is -2.34. The van der Waals surface area contributed by atoms with Gasteiger partial charge in [0.15, 0.2) is 0 Å². The van der Waals surface area contributed by atoms with E-state index in [0.29, 0.717) is 12.1 Å². The van der Waals surface area contributed by atoms with Crippen molar-refractivity contribution in [2.45, 2.75) is 73.0 Å². The van der Waals surface area contributed by atoms with E-state index in [0.717, 1.165) is 39.2 Å². The molecule has 35 heavy (non-hydrogen) atoms. The number of para-hydroxylation sites is 1. The quantitative estimate of drug-likeness (QED) is 0.502. The van der Waals surface area contributed by atoms with Crippen molar-refractivity contribution in [3.8, 4) is 0 Å². The fourth-order valence-corrected chi connectivity index (χ4v) is 4.99. The number of benzene rings is 2. The van der Waals surface area contributed by atoms with Crippen LogP contribution in [0.5, 0.6) is 0 Å². The van der Waals surface area contributed by atoms with E-state index < -0.39 is 22.0 Å². The Bertz CT molecular complexity index is 1110. The van der Waals surface area contributed by atoms with E-state index in [2.05, 4.69) is 5.32 Å². The van der Waals surface area contributed by atoms with Crippen LogP contribution in [0.25, 0.3) is 0 Å². The lowest BCUT2D eigenvalue weighted by molar-refractivity contribution is -0.140.